The lowest BCUT2D eigenvalue weighted by atomic mass is 9.97. The van der Waals surface area contributed by atoms with E-state index in [9.17, 15) is 0 Å². The highest BCUT2D eigenvalue weighted by Crippen LogP contribution is 2.46. The summed E-state index contributed by atoms with van der Waals surface area (Å²) in [4.78, 5) is 0. The van der Waals surface area contributed by atoms with Crippen molar-refractivity contribution in [2.75, 3.05) is 28.4 Å². The van der Waals surface area contributed by atoms with Gasteiger partial charge in [0, 0.05) is 11.1 Å². The smallest absolute Gasteiger partial charge is 0.168 e. The van der Waals surface area contributed by atoms with Gasteiger partial charge in [-0.3, -0.25) is 0 Å². The van der Waals surface area contributed by atoms with E-state index in [0.29, 0.717) is 23.0 Å². The molecule has 2 aromatic carbocycles. The zero-order valence-corrected chi connectivity index (χ0v) is 14.5. The fourth-order valence-corrected chi connectivity index (χ4v) is 2.61. The zero-order chi connectivity index (χ0) is 17.7. The van der Waals surface area contributed by atoms with Crippen LogP contribution >= 0.6 is 0 Å². The topological polar surface area (TPSA) is 36.9 Å². The van der Waals surface area contributed by atoms with Crippen LogP contribution in [0.3, 0.4) is 0 Å². The molecule has 126 valence electrons. The quantitative estimate of drug-likeness (QED) is 0.740. The van der Waals surface area contributed by atoms with Crippen LogP contribution in [-0.4, -0.2) is 28.4 Å². The lowest BCUT2D eigenvalue weighted by Crippen LogP contribution is -1.98. The van der Waals surface area contributed by atoms with Crippen LogP contribution in [0, 0.1) is 0 Å². The van der Waals surface area contributed by atoms with Gasteiger partial charge in [0.1, 0.15) is 0 Å². The summed E-state index contributed by atoms with van der Waals surface area (Å²) < 4.78 is 22.1. The Labute approximate surface area is 142 Å². The second-order valence-electron chi connectivity index (χ2n) is 5.02. The standard InChI is InChI=1S/C20H22O4/c1-7-13-9-15(19(23-5)17(11-13)21-3)16-10-14(8-2)12-18(22-4)20(16)24-6/h7-12H,1-2H2,3-6H3. The number of rotatable bonds is 7. The summed E-state index contributed by atoms with van der Waals surface area (Å²) in [5.74, 6) is 2.47. The minimum atomic E-state index is 0.615. The molecule has 0 unspecified atom stereocenters. The van der Waals surface area contributed by atoms with Gasteiger partial charge in [-0.05, 0) is 35.4 Å². The Balaban J connectivity index is 2.88. The van der Waals surface area contributed by atoms with Crippen molar-refractivity contribution in [2.45, 2.75) is 0 Å². The monoisotopic (exact) mass is 326 g/mol. The van der Waals surface area contributed by atoms with Crippen molar-refractivity contribution < 1.29 is 18.9 Å². The van der Waals surface area contributed by atoms with Crippen LogP contribution in [-0.2, 0) is 0 Å². The van der Waals surface area contributed by atoms with Crippen LogP contribution in [0.4, 0.5) is 0 Å². The highest BCUT2D eigenvalue weighted by atomic mass is 16.5. The molecule has 0 amide bonds. The first-order chi connectivity index (χ1) is 11.6. The van der Waals surface area contributed by atoms with Crippen LogP contribution in [0.5, 0.6) is 23.0 Å². The maximum atomic E-state index is 5.59. The van der Waals surface area contributed by atoms with Crippen LogP contribution in [0.25, 0.3) is 23.3 Å². The molecule has 0 fully saturated rings. The number of hydrogen-bond acceptors (Lipinski definition) is 4. The van der Waals surface area contributed by atoms with Crippen LogP contribution in [0.15, 0.2) is 37.4 Å². The van der Waals surface area contributed by atoms with Crippen molar-refractivity contribution in [3.05, 3.63) is 48.6 Å². The van der Waals surface area contributed by atoms with Crippen LogP contribution < -0.4 is 18.9 Å². The molecular formula is C20H22O4. The highest BCUT2D eigenvalue weighted by molar-refractivity contribution is 5.84. The Hall–Kier alpha value is -2.88. The third-order valence-electron chi connectivity index (χ3n) is 3.76. The molecule has 0 spiro atoms. The maximum Gasteiger partial charge on any atom is 0.168 e. The summed E-state index contributed by atoms with van der Waals surface area (Å²) in [5, 5.41) is 0. The minimum absolute atomic E-state index is 0.615. The van der Waals surface area contributed by atoms with E-state index in [2.05, 4.69) is 13.2 Å². The number of methoxy groups -OCH3 is 4. The molecule has 2 aromatic rings. The predicted octanol–water partition coefficient (Wildman–Crippen LogP) is 4.67. The zero-order valence-electron chi connectivity index (χ0n) is 14.5. The summed E-state index contributed by atoms with van der Waals surface area (Å²) in [6, 6.07) is 7.68. The van der Waals surface area contributed by atoms with E-state index in [-0.39, 0.29) is 0 Å². The van der Waals surface area contributed by atoms with Gasteiger partial charge in [0.15, 0.2) is 23.0 Å². The summed E-state index contributed by atoms with van der Waals surface area (Å²) in [6.07, 6.45) is 3.51. The van der Waals surface area contributed by atoms with Crippen LogP contribution in [0.2, 0.25) is 0 Å². The molecule has 0 heterocycles. The van der Waals surface area contributed by atoms with Gasteiger partial charge < -0.3 is 18.9 Å². The first kappa shape index (κ1) is 17.5. The van der Waals surface area contributed by atoms with E-state index in [1.807, 2.05) is 24.3 Å². The molecule has 0 aliphatic carbocycles. The molecule has 0 aliphatic heterocycles. The van der Waals surface area contributed by atoms with E-state index in [1.165, 1.54) is 0 Å². The Bertz CT molecular complexity index is 697. The second-order valence-corrected chi connectivity index (χ2v) is 5.02. The fourth-order valence-electron chi connectivity index (χ4n) is 2.61. The first-order valence-corrected chi connectivity index (χ1v) is 7.40. The Kier molecular flexibility index (Phi) is 5.53. The molecule has 4 heteroatoms. The third-order valence-corrected chi connectivity index (χ3v) is 3.76. The third kappa shape index (κ3) is 3.08. The van der Waals surface area contributed by atoms with Crippen molar-refractivity contribution in [3.8, 4) is 34.1 Å². The summed E-state index contributed by atoms with van der Waals surface area (Å²) in [5.41, 5.74) is 3.47. The lowest BCUT2D eigenvalue weighted by Gasteiger charge is -2.18. The van der Waals surface area contributed by atoms with E-state index in [4.69, 9.17) is 18.9 Å². The average Bonchev–Trinajstić information content (AvgIpc) is 2.65. The van der Waals surface area contributed by atoms with Crippen molar-refractivity contribution in [2.24, 2.45) is 0 Å². The molecule has 0 saturated carbocycles. The predicted molar refractivity (Wildman–Crippen MR) is 98.3 cm³/mol. The van der Waals surface area contributed by atoms with E-state index in [1.54, 1.807) is 40.6 Å². The highest BCUT2D eigenvalue weighted by Gasteiger charge is 2.20. The van der Waals surface area contributed by atoms with Gasteiger partial charge in [0.2, 0.25) is 0 Å². The summed E-state index contributed by atoms with van der Waals surface area (Å²) >= 11 is 0. The van der Waals surface area contributed by atoms with Crippen molar-refractivity contribution in [1.82, 2.24) is 0 Å². The Morgan fingerprint density at radius 1 is 0.625 bits per heavy atom. The molecular weight excluding hydrogens is 304 g/mol. The molecule has 24 heavy (non-hydrogen) atoms. The van der Waals surface area contributed by atoms with Gasteiger partial charge in [-0.2, -0.15) is 0 Å². The van der Waals surface area contributed by atoms with Gasteiger partial charge in [0.25, 0.3) is 0 Å². The fraction of sp³-hybridized carbons (Fsp3) is 0.200. The molecule has 0 atom stereocenters. The molecule has 0 aliphatic rings. The van der Waals surface area contributed by atoms with Gasteiger partial charge >= 0.3 is 0 Å². The number of hydrogen-bond donors (Lipinski definition) is 0. The van der Waals surface area contributed by atoms with Gasteiger partial charge in [-0.15, -0.1) is 0 Å². The number of ether oxygens (including phenoxy) is 4. The summed E-state index contributed by atoms with van der Waals surface area (Å²) in [7, 11) is 6.42. The largest absolute Gasteiger partial charge is 0.493 e. The minimum Gasteiger partial charge on any atom is -0.493 e. The number of benzene rings is 2. The second kappa shape index (κ2) is 7.59. The average molecular weight is 326 g/mol. The molecule has 0 aromatic heterocycles. The van der Waals surface area contributed by atoms with Crippen molar-refractivity contribution in [1.29, 1.82) is 0 Å². The molecule has 0 saturated heterocycles. The molecule has 4 nitrogen and oxygen atoms in total. The van der Waals surface area contributed by atoms with Gasteiger partial charge in [0.05, 0.1) is 28.4 Å². The maximum absolute atomic E-state index is 5.59. The van der Waals surface area contributed by atoms with Gasteiger partial charge in [-0.1, -0.05) is 25.3 Å². The molecule has 0 radical (unpaired) electrons. The van der Waals surface area contributed by atoms with E-state index >= 15 is 0 Å². The lowest BCUT2D eigenvalue weighted by molar-refractivity contribution is 0.352. The van der Waals surface area contributed by atoms with Crippen molar-refractivity contribution in [3.63, 3.8) is 0 Å². The summed E-state index contributed by atoms with van der Waals surface area (Å²) in [6.45, 7) is 7.68. The SMILES string of the molecule is C=Cc1cc(OC)c(OC)c(-c2cc(C=C)cc(OC)c2OC)c1. The normalized spacial score (nSPS) is 10.0. The Morgan fingerprint density at radius 3 is 1.25 bits per heavy atom. The van der Waals surface area contributed by atoms with Crippen molar-refractivity contribution >= 4 is 12.2 Å². The van der Waals surface area contributed by atoms with E-state index in [0.717, 1.165) is 22.3 Å². The van der Waals surface area contributed by atoms with E-state index < -0.39 is 0 Å². The molecule has 0 N–H and O–H groups in total. The Morgan fingerprint density at radius 2 is 1.00 bits per heavy atom. The molecule has 0 bridgehead atoms. The molecule has 2 rings (SSSR count). The first-order valence-electron chi connectivity index (χ1n) is 7.40. The van der Waals surface area contributed by atoms with Crippen LogP contribution in [0.1, 0.15) is 11.1 Å². The van der Waals surface area contributed by atoms with Gasteiger partial charge in [-0.25, -0.2) is 0 Å².